The summed E-state index contributed by atoms with van der Waals surface area (Å²) in [4.78, 5) is 8.19. The molecular weight excluding hydrogens is 356 g/mol. The summed E-state index contributed by atoms with van der Waals surface area (Å²) < 4.78 is 5.37. The molecule has 1 fully saturated rings. The van der Waals surface area contributed by atoms with Gasteiger partial charge in [-0.15, -0.1) is 0 Å². The van der Waals surface area contributed by atoms with Crippen LogP contribution in [-0.2, 0) is 11.2 Å². The SMILES string of the molecule is C/C=C\c1c(C)ncnc1C.CC1OC(C(O)Cc2ccccc2)C(O)C1O. The number of nitrogens with zero attached hydrogens (tertiary/aromatic N) is 2. The molecule has 0 saturated carbocycles. The monoisotopic (exact) mass is 386 g/mol. The molecule has 5 unspecified atom stereocenters. The molecule has 6 heteroatoms. The average Bonchev–Trinajstić information content (AvgIpc) is 2.94. The molecule has 1 aromatic heterocycles. The first-order valence-corrected chi connectivity index (χ1v) is 9.49. The van der Waals surface area contributed by atoms with E-state index >= 15 is 0 Å². The van der Waals surface area contributed by atoms with E-state index in [-0.39, 0.29) is 0 Å². The molecule has 0 bridgehead atoms. The zero-order valence-electron chi connectivity index (χ0n) is 16.9. The minimum atomic E-state index is -1.02. The number of allylic oxidation sites excluding steroid dienone is 1. The number of aliphatic hydroxyl groups is 3. The maximum absolute atomic E-state index is 10.0. The third-order valence-corrected chi connectivity index (χ3v) is 4.82. The summed E-state index contributed by atoms with van der Waals surface area (Å²) in [6.07, 6.45) is 2.10. The van der Waals surface area contributed by atoms with Gasteiger partial charge in [0.15, 0.2) is 0 Å². The predicted octanol–water partition coefficient (Wildman–Crippen LogP) is 2.23. The van der Waals surface area contributed by atoms with Gasteiger partial charge in [0.2, 0.25) is 0 Å². The molecular formula is C22H30N2O4. The van der Waals surface area contributed by atoms with Crippen LogP contribution < -0.4 is 0 Å². The van der Waals surface area contributed by atoms with Crippen LogP contribution >= 0.6 is 0 Å². The smallest absolute Gasteiger partial charge is 0.115 e. The Hall–Kier alpha value is -2.12. The predicted molar refractivity (Wildman–Crippen MR) is 109 cm³/mol. The molecule has 5 atom stereocenters. The van der Waals surface area contributed by atoms with Crippen LogP contribution in [-0.4, -0.2) is 55.8 Å². The van der Waals surface area contributed by atoms with Crippen molar-refractivity contribution < 1.29 is 20.1 Å². The van der Waals surface area contributed by atoms with Gasteiger partial charge in [-0.3, -0.25) is 0 Å². The van der Waals surface area contributed by atoms with E-state index in [0.717, 1.165) is 22.5 Å². The molecule has 6 nitrogen and oxygen atoms in total. The molecule has 152 valence electrons. The summed E-state index contributed by atoms with van der Waals surface area (Å²) in [5.74, 6) is 0. The number of aromatic nitrogens is 2. The summed E-state index contributed by atoms with van der Waals surface area (Å²) in [7, 11) is 0. The average molecular weight is 386 g/mol. The van der Waals surface area contributed by atoms with E-state index in [9.17, 15) is 15.3 Å². The third kappa shape index (κ3) is 5.69. The maximum atomic E-state index is 10.0. The van der Waals surface area contributed by atoms with E-state index in [1.807, 2.05) is 63.3 Å². The first-order chi connectivity index (χ1) is 13.3. The second kappa shape index (κ2) is 10.4. The quantitative estimate of drug-likeness (QED) is 0.746. The Balaban J connectivity index is 0.000000221. The molecule has 2 heterocycles. The van der Waals surface area contributed by atoms with Crippen molar-refractivity contribution in [2.75, 3.05) is 0 Å². The highest BCUT2D eigenvalue weighted by atomic mass is 16.6. The Morgan fingerprint density at radius 2 is 1.68 bits per heavy atom. The summed E-state index contributed by atoms with van der Waals surface area (Å²) in [5, 5.41) is 29.3. The highest BCUT2D eigenvalue weighted by Crippen LogP contribution is 2.24. The van der Waals surface area contributed by atoms with Crippen molar-refractivity contribution in [3.05, 3.63) is 65.2 Å². The van der Waals surface area contributed by atoms with Crippen LogP contribution in [0, 0.1) is 13.8 Å². The van der Waals surface area contributed by atoms with Gasteiger partial charge < -0.3 is 20.1 Å². The van der Waals surface area contributed by atoms with Crippen LogP contribution in [0.3, 0.4) is 0 Å². The fourth-order valence-electron chi connectivity index (χ4n) is 3.18. The molecule has 0 amide bonds. The van der Waals surface area contributed by atoms with Crippen LogP contribution in [0.5, 0.6) is 0 Å². The Bertz CT molecular complexity index is 746. The Kier molecular flexibility index (Phi) is 8.26. The zero-order valence-corrected chi connectivity index (χ0v) is 16.9. The summed E-state index contributed by atoms with van der Waals surface area (Å²) in [6.45, 7) is 7.66. The Morgan fingerprint density at radius 1 is 1.07 bits per heavy atom. The topological polar surface area (TPSA) is 95.7 Å². The molecule has 1 aromatic carbocycles. The van der Waals surface area contributed by atoms with Gasteiger partial charge in [-0.1, -0.05) is 42.5 Å². The van der Waals surface area contributed by atoms with Crippen molar-refractivity contribution in [3.8, 4) is 0 Å². The summed E-state index contributed by atoms with van der Waals surface area (Å²) >= 11 is 0. The number of aryl methyl sites for hydroxylation is 2. The lowest BCUT2D eigenvalue weighted by Crippen LogP contribution is -2.39. The molecule has 0 aliphatic carbocycles. The Morgan fingerprint density at radius 3 is 2.18 bits per heavy atom. The first kappa shape index (κ1) is 22.2. The standard InChI is InChI=1S/C13H18O4.C9H12N2/c1-8-11(15)12(16)13(17-8)10(14)7-9-5-3-2-4-6-9;1-4-5-9-7(2)10-6-11-8(9)3/h2-6,8,10-16H,7H2,1H3;4-6H,1-3H3/b;5-4-. The van der Waals surface area contributed by atoms with Crippen LogP contribution in [0.15, 0.2) is 42.7 Å². The highest BCUT2D eigenvalue weighted by molar-refractivity contribution is 5.53. The van der Waals surface area contributed by atoms with Crippen molar-refractivity contribution in [2.24, 2.45) is 0 Å². The lowest BCUT2D eigenvalue weighted by Gasteiger charge is -2.21. The molecule has 0 spiro atoms. The number of benzene rings is 1. The second-order valence-electron chi connectivity index (χ2n) is 7.00. The van der Waals surface area contributed by atoms with Crippen molar-refractivity contribution in [1.82, 2.24) is 9.97 Å². The molecule has 1 aliphatic heterocycles. The minimum Gasteiger partial charge on any atom is -0.390 e. The molecule has 1 aliphatic rings. The van der Waals surface area contributed by atoms with Crippen LogP contribution in [0.25, 0.3) is 6.08 Å². The lowest BCUT2D eigenvalue weighted by molar-refractivity contribution is -0.0613. The lowest BCUT2D eigenvalue weighted by atomic mass is 9.99. The van der Waals surface area contributed by atoms with Crippen LogP contribution in [0.4, 0.5) is 0 Å². The van der Waals surface area contributed by atoms with E-state index in [2.05, 4.69) is 9.97 Å². The summed E-state index contributed by atoms with van der Waals surface area (Å²) in [5.41, 5.74) is 4.19. The highest BCUT2D eigenvalue weighted by Gasteiger charge is 2.43. The van der Waals surface area contributed by atoms with E-state index in [0.29, 0.717) is 6.42 Å². The van der Waals surface area contributed by atoms with Gasteiger partial charge in [-0.05, 0) is 33.3 Å². The van der Waals surface area contributed by atoms with Gasteiger partial charge in [-0.25, -0.2) is 9.97 Å². The van der Waals surface area contributed by atoms with E-state index in [1.54, 1.807) is 13.3 Å². The first-order valence-electron chi connectivity index (χ1n) is 9.49. The third-order valence-electron chi connectivity index (χ3n) is 4.82. The van der Waals surface area contributed by atoms with Crippen LogP contribution in [0.1, 0.15) is 36.4 Å². The molecule has 3 N–H and O–H groups in total. The van der Waals surface area contributed by atoms with Gasteiger partial charge in [0, 0.05) is 23.4 Å². The fourth-order valence-corrected chi connectivity index (χ4v) is 3.18. The number of aliphatic hydroxyl groups excluding tert-OH is 3. The maximum Gasteiger partial charge on any atom is 0.115 e. The van der Waals surface area contributed by atoms with Gasteiger partial charge in [-0.2, -0.15) is 0 Å². The number of hydrogen-bond acceptors (Lipinski definition) is 6. The van der Waals surface area contributed by atoms with Crippen molar-refractivity contribution >= 4 is 6.08 Å². The fraction of sp³-hybridized carbons (Fsp3) is 0.455. The molecule has 1 saturated heterocycles. The van der Waals surface area contributed by atoms with E-state index < -0.39 is 30.5 Å². The Labute approximate surface area is 166 Å². The molecule has 2 aromatic rings. The number of ether oxygens (including phenoxy) is 1. The zero-order chi connectivity index (χ0) is 20.7. The molecule has 28 heavy (non-hydrogen) atoms. The summed E-state index contributed by atoms with van der Waals surface area (Å²) in [6, 6.07) is 9.51. The van der Waals surface area contributed by atoms with Crippen molar-refractivity contribution in [2.45, 2.75) is 64.6 Å². The molecule has 3 rings (SSSR count). The number of rotatable bonds is 4. The normalized spacial score (nSPS) is 25.4. The van der Waals surface area contributed by atoms with Crippen LogP contribution in [0.2, 0.25) is 0 Å². The van der Waals surface area contributed by atoms with Gasteiger partial charge >= 0.3 is 0 Å². The van der Waals surface area contributed by atoms with E-state index in [1.165, 1.54) is 0 Å². The number of hydrogen-bond donors (Lipinski definition) is 3. The van der Waals surface area contributed by atoms with Crippen molar-refractivity contribution in [1.29, 1.82) is 0 Å². The largest absolute Gasteiger partial charge is 0.390 e. The van der Waals surface area contributed by atoms with Gasteiger partial charge in [0.05, 0.1) is 12.2 Å². The second-order valence-corrected chi connectivity index (χ2v) is 7.00. The van der Waals surface area contributed by atoms with Gasteiger partial charge in [0.1, 0.15) is 24.6 Å². The molecule has 0 radical (unpaired) electrons. The van der Waals surface area contributed by atoms with Gasteiger partial charge in [0.25, 0.3) is 0 Å². The van der Waals surface area contributed by atoms with E-state index in [4.69, 9.17) is 4.74 Å². The minimum absolute atomic E-state index is 0.405. The van der Waals surface area contributed by atoms with Crippen molar-refractivity contribution in [3.63, 3.8) is 0 Å².